The highest BCUT2D eigenvalue weighted by Gasteiger charge is 2.17. The quantitative estimate of drug-likeness (QED) is 0.857. The molecule has 0 radical (unpaired) electrons. The van der Waals surface area contributed by atoms with Gasteiger partial charge >= 0.3 is 0 Å². The molecule has 2 N–H and O–H groups in total. The van der Waals surface area contributed by atoms with Crippen LogP contribution >= 0.6 is 11.6 Å². The summed E-state index contributed by atoms with van der Waals surface area (Å²) in [7, 11) is 0. The van der Waals surface area contributed by atoms with Gasteiger partial charge in [-0.25, -0.2) is 8.78 Å². The first-order valence-electron chi connectivity index (χ1n) is 4.63. The Morgan fingerprint density at radius 3 is 2.50 bits per heavy atom. The fourth-order valence-electron chi connectivity index (χ4n) is 1.03. The van der Waals surface area contributed by atoms with Crippen molar-refractivity contribution in [1.82, 2.24) is 10.2 Å². The zero-order chi connectivity index (χ0) is 12.3. The highest BCUT2D eigenvalue weighted by molar-refractivity contribution is 6.30. The standard InChI is InChI=1S/C9H12ClF2N3O/c1-4-5(2)9(15-14-7(4)10)13-3-6(16)8(11)12/h6,8,16H,3H2,1-2H3,(H,13,15). The van der Waals surface area contributed by atoms with E-state index in [2.05, 4.69) is 15.5 Å². The summed E-state index contributed by atoms with van der Waals surface area (Å²) in [6.07, 6.45) is -4.51. The first kappa shape index (κ1) is 13.1. The van der Waals surface area contributed by atoms with Crippen molar-refractivity contribution in [3.05, 3.63) is 16.3 Å². The fraction of sp³-hybridized carbons (Fsp3) is 0.556. The molecule has 1 heterocycles. The van der Waals surface area contributed by atoms with Gasteiger partial charge in [0.2, 0.25) is 0 Å². The molecule has 16 heavy (non-hydrogen) atoms. The number of aliphatic hydroxyl groups is 1. The maximum absolute atomic E-state index is 12.0. The molecule has 0 amide bonds. The third kappa shape index (κ3) is 2.99. The van der Waals surface area contributed by atoms with Crippen LogP contribution in [0.15, 0.2) is 0 Å². The number of anilines is 1. The van der Waals surface area contributed by atoms with Gasteiger partial charge in [-0.3, -0.25) is 0 Å². The van der Waals surface area contributed by atoms with Crippen LogP contribution in [0.2, 0.25) is 5.15 Å². The van der Waals surface area contributed by atoms with Crippen molar-refractivity contribution in [2.24, 2.45) is 0 Å². The number of rotatable bonds is 4. The Hall–Kier alpha value is -1.01. The normalized spacial score (nSPS) is 12.9. The highest BCUT2D eigenvalue weighted by atomic mass is 35.5. The van der Waals surface area contributed by atoms with E-state index >= 15 is 0 Å². The van der Waals surface area contributed by atoms with E-state index in [1.54, 1.807) is 13.8 Å². The minimum absolute atomic E-state index is 0.275. The lowest BCUT2D eigenvalue weighted by molar-refractivity contribution is 0.00379. The number of aromatic nitrogens is 2. The summed E-state index contributed by atoms with van der Waals surface area (Å²) in [5, 5.41) is 19.2. The lowest BCUT2D eigenvalue weighted by Gasteiger charge is -2.13. The van der Waals surface area contributed by atoms with Crippen molar-refractivity contribution in [2.45, 2.75) is 26.4 Å². The molecule has 0 saturated heterocycles. The number of aliphatic hydroxyl groups excluding tert-OH is 1. The summed E-state index contributed by atoms with van der Waals surface area (Å²) in [4.78, 5) is 0. The van der Waals surface area contributed by atoms with Crippen LogP contribution in [0.1, 0.15) is 11.1 Å². The van der Waals surface area contributed by atoms with Crippen molar-refractivity contribution >= 4 is 17.4 Å². The molecule has 0 aliphatic heterocycles. The van der Waals surface area contributed by atoms with E-state index in [1.165, 1.54) is 0 Å². The minimum Gasteiger partial charge on any atom is -0.385 e. The zero-order valence-electron chi connectivity index (χ0n) is 8.84. The SMILES string of the molecule is Cc1c(Cl)nnc(NCC(O)C(F)F)c1C. The van der Waals surface area contributed by atoms with E-state index in [1.807, 2.05) is 0 Å². The van der Waals surface area contributed by atoms with Gasteiger partial charge in [0.1, 0.15) is 6.10 Å². The average Bonchev–Trinajstić information content (AvgIpc) is 2.24. The molecule has 0 bridgehead atoms. The minimum atomic E-state index is -2.78. The van der Waals surface area contributed by atoms with Crippen molar-refractivity contribution in [3.63, 3.8) is 0 Å². The summed E-state index contributed by atoms with van der Waals surface area (Å²) in [5.74, 6) is 0.349. The van der Waals surface area contributed by atoms with E-state index in [0.29, 0.717) is 5.82 Å². The fourth-order valence-corrected chi connectivity index (χ4v) is 1.21. The first-order valence-corrected chi connectivity index (χ1v) is 5.00. The van der Waals surface area contributed by atoms with Gasteiger partial charge in [0, 0.05) is 6.54 Å². The Balaban J connectivity index is 2.72. The lowest BCUT2D eigenvalue weighted by Crippen LogP contribution is -2.27. The van der Waals surface area contributed by atoms with Crippen LogP contribution in [0, 0.1) is 13.8 Å². The number of hydrogen-bond donors (Lipinski definition) is 2. The molecule has 0 aromatic carbocycles. The number of nitrogens with zero attached hydrogens (tertiary/aromatic N) is 2. The number of alkyl halides is 2. The molecule has 4 nitrogen and oxygen atoms in total. The van der Waals surface area contributed by atoms with Gasteiger partial charge in [-0.2, -0.15) is 0 Å². The van der Waals surface area contributed by atoms with Crippen molar-refractivity contribution < 1.29 is 13.9 Å². The maximum atomic E-state index is 12.0. The zero-order valence-corrected chi connectivity index (χ0v) is 9.59. The Labute approximate surface area is 96.6 Å². The Morgan fingerprint density at radius 1 is 1.31 bits per heavy atom. The van der Waals surface area contributed by atoms with Gasteiger partial charge in [-0.1, -0.05) is 11.6 Å². The Kier molecular flexibility index (Phi) is 4.37. The summed E-state index contributed by atoms with van der Waals surface area (Å²) in [6, 6.07) is 0. The molecule has 0 fully saturated rings. The van der Waals surface area contributed by atoms with Crippen molar-refractivity contribution in [2.75, 3.05) is 11.9 Å². The van der Waals surface area contributed by atoms with Crippen LogP contribution in [0.4, 0.5) is 14.6 Å². The molecule has 0 spiro atoms. The van der Waals surface area contributed by atoms with Gasteiger partial charge < -0.3 is 10.4 Å². The molecule has 1 aromatic heterocycles. The second-order valence-corrected chi connectivity index (χ2v) is 3.73. The molecule has 90 valence electrons. The monoisotopic (exact) mass is 251 g/mol. The van der Waals surface area contributed by atoms with Crippen LogP contribution in [-0.2, 0) is 0 Å². The third-order valence-electron chi connectivity index (χ3n) is 2.23. The number of hydrogen-bond acceptors (Lipinski definition) is 4. The second-order valence-electron chi connectivity index (χ2n) is 3.37. The predicted octanol–water partition coefficient (Wildman–Crippen LogP) is 1.78. The van der Waals surface area contributed by atoms with Gasteiger partial charge in [0.15, 0.2) is 11.0 Å². The van der Waals surface area contributed by atoms with Crippen molar-refractivity contribution in [1.29, 1.82) is 0 Å². The van der Waals surface area contributed by atoms with Crippen LogP contribution in [0.25, 0.3) is 0 Å². The highest BCUT2D eigenvalue weighted by Crippen LogP contribution is 2.20. The molecule has 0 aliphatic carbocycles. The molecule has 0 saturated carbocycles. The Morgan fingerprint density at radius 2 is 1.94 bits per heavy atom. The smallest absolute Gasteiger partial charge is 0.265 e. The number of nitrogens with one attached hydrogen (secondary N) is 1. The van der Waals surface area contributed by atoms with Gasteiger partial charge in [0.05, 0.1) is 0 Å². The summed E-state index contributed by atoms with van der Waals surface area (Å²) >= 11 is 5.73. The van der Waals surface area contributed by atoms with E-state index in [9.17, 15) is 8.78 Å². The largest absolute Gasteiger partial charge is 0.385 e. The topological polar surface area (TPSA) is 58.0 Å². The maximum Gasteiger partial charge on any atom is 0.265 e. The third-order valence-corrected chi connectivity index (χ3v) is 2.59. The van der Waals surface area contributed by atoms with Gasteiger partial charge in [0.25, 0.3) is 6.43 Å². The molecule has 7 heteroatoms. The van der Waals surface area contributed by atoms with Crippen LogP contribution in [0.3, 0.4) is 0 Å². The van der Waals surface area contributed by atoms with Crippen LogP contribution in [0.5, 0.6) is 0 Å². The van der Waals surface area contributed by atoms with E-state index in [-0.39, 0.29) is 11.7 Å². The molecule has 1 unspecified atom stereocenters. The lowest BCUT2D eigenvalue weighted by atomic mass is 10.2. The second kappa shape index (κ2) is 5.36. The Bertz CT molecular complexity index is 376. The summed E-state index contributed by atoms with van der Waals surface area (Å²) in [5.41, 5.74) is 1.45. The van der Waals surface area contributed by atoms with Crippen LogP contribution in [-0.4, -0.2) is 34.4 Å². The molecule has 1 aromatic rings. The molecule has 1 rings (SSSR count). The molecular weight excluding hydrogens is 240 g/mol. The van der Waals surface area contributed by atoms with Gasteiger partial charge in [-0.05, 0) is 25.0 Å². The summed E-state index contributed by atoms with van der Waals surface area (Å²) in [6.45, 7) is 3.21. The van der Waals surface area contributed by atoms with Crippen molar-refractivity contribution in [3.8, 4) is 0 Å². The van der Waals surface area contributed by atoms with E-state index in [4.69, 9.17) is 16.7 Å². The van der Waals surface area contributed by atoms with Gasteiger partial charge in [-0.15, -0.1) is 10.2 Å². The van der Waals surface area contributed by atoms with E-state index < -0.39 is 12.5 Å². The first-order chi connectivity index (χ1) is 7.43. The molecular formula is C9H12ClF2N3O. The molecule has 0 aliphatic rings. The summed E-state index contributed by atoms with van der Waals surface area (Å²) < 4.78 is 24.1. The predicted molar refractivity (Wildman–Crippen MR) is 57.0 cm³/mol. The molecule has 1 atom stereocenters. The van der Waals surface area contributed by atoms with E-state index in [0.717, 1.165) is 11.1 Å². The van der Waals surface area contributed by atoms with Crippen LogP contribution < -0.4 is 5.32 Å². The number of halogens is 3. The average molecular weight is 252 g/mol.